The number of thioether (sulfide) groups is 1. The van der Waals surface area contributed by atoms with E-state index in [2.05, 4.69) is 52.8 Å². The number of rotatable bonds is 2. The predicted molar refractivity (Wildman–Crippen MR) is 90.4 cm³/mol. The van der Waals surface area contributed by atoms with E-state index in [0.29, 0.717) is 18.3 Å². The molecule has 4 rings (SSSR count). The Labute approximate surface area is 139 Å². The Hall–Kier alpha value is -2.08. The van der Waals surface area contributed by atoms with Crippen LogP contribution in [0.25, 0.3) is 0 Å². The summed E-state index contributed by atoms with van der Waals surface area (Å²) in [5.41, 5.74) is 2.93. The highest BCUT2D eigenvalue weighted by Gasteiger charge is 2.37. The van der Waals surface area contributed by atoms with E-state index in [1.807, 2.05) is 4.68 Å². The van der Waals surface area contributed by atoms with E-state index in [9.17, 15) is 4.79 Å². The third-order valence-corrected chi connectivity index (χ3v) is 5.24. The summed E-state index contributed by atoms with van der Waals surface area (Å²) in [5, 5.41) is 7.66. The molecule has 0 radical (unpaired) electrons. The molecule has 0 amide bonds. The molecule has 1 N–H and O–H groups in total. The molecule has 1 aliphatic carbocycles. The third kappa shape index (κ3) is 2.37. The molecule has 2 heterocycles. The average Bonchev–Trinajstić information content (AvgIpc) is 3.00. The highest BCUT2D eigenvalue weighted by atomic mass is 32.2. The molecule has 0 unspecified atom stereocenters. The molecule has 0 fully saturated rings. The van der Waals surface area contributed by atoms with E-state index in [1.54, 1.807) is 11.8 Å². The zero-order chi connectivity index (χ0) is 16.0. The van der Waals surface area contributed by atoms with Crippen molar-refractivity contribution < 1.29 is 4.79 Å². The van der Waals surface area contributed by atoms with Crippen molar-refractivity contribution in [3.8, 4) is 0 Å². The summed E-state index contributed by atoms with van der Waals surface area (Å²) in [4.78, 5) is 18.2. The lowest BCUT2D eigenvalue weighted by Crippen LogP contribution is -2.33. The fraction of sp³-hybridized carbons (Fsp3) is 0.353. The number of nitrogens with one attached hydrogen (secondary N) is 1. The number of carbonyl (C=O) groups excluding carboxylic acids is 1. The van der Waals surface area contributed by atoms with Gasteiger partial charge in [-0.1, -0.05) is 19.1 Å². The van der Waals surface area contributed by atoms with Gasteiger partial charge in [-0.15, -0.1) is 11.8 Å². The number of Topliss-reactive ketones (excluding diaryl/α,β-unsaturated/α-hetero) is 1. The SMILES string of the molecule is CSc1ccc([C@@H]2C3=C(C[C@H](C)CC3=O)Nc3ncnn32)cc1. The smallest absolute Gasteiger partial charge is 0.226 e. The summed E-state index contributed by atoms with van der Waals surface area (Å²) in [6, 6.07) is 8.18. The van der Waals surface area contributed by atoms with Crippen LogP contribution in [-0.2, 0) is 4.79 Å². The van der Waals surface area contributed by atoms with Gasteiger partial charge in [0.1, 0.15) is 12.4 Å². The van der Waals surface area contributed by atoms with E-state index in [4.69, 9.17) is 0 Å². The second kappa shape index (κ2) is 5.53. The van der Waals surface area contributed by atoms with Crippen LogP contribution in [0.2, 0.25) is 0 Å². The lowest BCUT2D eigenvalue weighted by atomic mass is 9.81. The number of ketones is 1. The maximum atomic E-state index is 12.7. The fourth-order valence-electron chi connectivity index (χ4n) is 3.44. The number of fused-ring (bicyclic) bond motifs is 1. The maximum absolute atomic E-state index is 12.7. The number of carbonyl (C=O) groups is 1. The molecule has 23 heavy (non-hydrogen) atoms. The minimum absolute atomic E-state index is 0.181. The first-order valence-corrected chi connectivity index (χ1v) is 8.96. The molecule has 0 bridgehead atoms. The summed E-state index contributed by atoms with van der Waals surface area (Å²) < 4.78 is 1.82. The second-order valence-electron chi connectivity index (χ2n) is 6.16. The summed E-state index contributed by atoms with van der Waals surface area (Å²) in [6.07, 6.45) is 5.08. The number of nitrogens with zero attached hydrogens (tertiary/aromatic N) is 3. The van der Waals surface area contributed by atoms with Crippen molar-refractivity contribution in [1.29, 1.82) is 0 Å². The van der Waals surface area contributed by atoms with Crippen molar-refractivity contribution in [2.45, 2.75) is 30.7 Å². The standard InChI is InChI=1S/C17H18N4OS/c1-10-7-13-15(14(22)8-10)16(21-17(20-13)18-9-19-21)11-3-5-12(23-2)6-4-11/h3-6,9-10,16H,7-8H2,1-2H3,(H,18,19,20)/t10-,16+/m0/s1. The van der Waals surface area contributed by atoms with Crippen LogP contribution in [0, 0.1) is 5.92 Å². The molecule has 118 valence electrons. The minimum atomic E-state index is -0.181. The van der Waals surface area contributed by atoms with Crippen LogP contribution < -0.4 is 5.32 Å². The van der Waals surface area contributed by atoms with E-state index >= 15 is 0 Å². The Morgan fingerprint density at radius 2 is 2.04 bits per heavy atom. The molecular weight excluding hydrogens is 308 g/mol. The van der Waals surface area contributed by atoms with Crippen molar-refractivity contribution >= 4 is 23.5 Å². The number of hydrogen-bond acceptors (Lipinski definition) is 5. The topological polar surface area (TPSA) is 59.8 Å². The number of aromatic nitrogens is 3. The first-order chi connectivity index (χ1) is 11.2. The molecule has 6 heteroatoms. The molecule has 1 aromatic heterocycles. The summed E-state index contributed by atoms with van der Waals surface area (Å²) in [5.74, 6) is 1.29. The Balaban J connectivity index is 1.85. The van der Waals surface area contributed by atoms with Crippen LogP contribution in [0.15, 0.2) is 46.8 Å². The quantitative estimate of drug-likeness (QED) is 0.858. The fourth-order valence-corrected chi connectivity index (χ4v) is 3.85. The Morgan fingerprint density at radius 1 is 1.26 bits per heavy atom. The van der Waals surface area contributed by atoms with E-state index < -0.39 is 0 Å². The van der Waals surface area contributed by atoms with Crippen LogP contribution in [0.1, 0.15) is 31.4 Å². The largest absolute Gasteiger partial charge is 0.328 e. The van der Waals surface area contributed by atoms with Gasteiger partial charge in [-0.05, 0) is 36.3 Å². The van der Waals surface area contributed by atoms with E-state index in [-0.39, 0.29) is 11.8 Å². The van der Waals surface area contributed by atoms with Gasteiger partial charge in [-0.2, -0.15) is 10.1 Å². The van der Waals surface area contributed by atoms with Gasteiger partial charge >= 0.3 is 0 Å². The highest BCUT2D eigenvalue weighted by Crippen LogP contribution is 2.41. The van der Waals surface area contributed by atoms with Crippen LogP contribution in [0.3, 0.4) is 0 Å². The summed E-state index contributed by atoms with van der Waals surface area (Å²) in [6.45, 7) is 2.12. The molecular formula is C17H18N4OS. The molecule has 2 atom stereocenters. The third-order valence-electron chi connectivity index (χ3n) is 4.50. The van der Waals surface area contributed by atoms with Crippen LogP contribution in [0.4, 0.5) is 5.95 Å². The van der Waals surface area contributed by atoms with Crippen molar-refractivity contribution in [3.05, 3.63) is 47.4 Å². The van der Waals surface area contributed by atoms with Crippen molar-refractivity contribution in [2.24, 2.45) is 5.92 Å². The molecule has 1 aliphatic heterocycles. The predicted octanol–water partition coefficient (Wildman–Crippen LogP) is 3.27. The summed E-state index contributed by atoms with van der Waals surface area (Å²) in [7, 11) is 0. The number of allylic oxidation sites excluding steroid dienone is 2. The zero-order valence-corrected chi connectivity index (χ0v) is 13.9. The van der Waals surface area contributed by atoms with Gasteiger partial charge in [0.25, 0.3) is 0 Å². The summed E-state index contributed by atoms with van der Waals surface area (Å²) >= 11 is 1.71. The molecule has 0 saturated heterocycles. The lowest BCUT2D eigenvalue weighted by molar-refractivity contribution is -0.117. The van der Waals surface area contributed by atoms with Crippen LogP contribution in [0.5, 0.6) is 0 Å². The normalized spacial score (nSPS) is 23.3. The van der Waals surface area contributed by atoms with Gasteiger partial charge in [-0.3, -0.25) is 4.79 Å². The van der Waals surface area contributed by atoms with Crippen molar-refractivity contribution in [2.75, 3.05) is 11.6 Å². The first kappa shape index (κ1) is 14.5. The van der Waals surface area contributed by atoms with Crippen molar-refractivity contribution in [3.63, 3.8) is 0 Å². The zero-order valence-electron chi connectivity index (χ0n) is 13.1. The monoisotopic (exact) mass is 326 g/mol. The molecule has 2 aromatic rings. The van der Waals surface area contributed by atoms with Crippen LogP contribution >= 0.6 is 11.8 Å². The minimum Gasteiger partial charge on any atom is -0.328 e. The number of hydrogen-bond donors (Lipinski definition) is 1. The number of anilines is 1. The Bertz CT molecular complexity index is 793. The van der Waals surface area contributed by atoms with E-state index in [0.717, 1.165) is 23.3 Å². The van der Waals surface area contributed by atoms with Gasteiger partial charge in [0.05, 0.1) is 0 Å². The van der Waals surface area contributed by atoms with Gasteiger partial charge in [0.2, 0.25) is 5.95 Å². The molecule has 0 spiro atoms. The molecule has 2 aliphatic rings. The molecule has 1 aromatic carbocycles. The molecule has 0 saturated carbocycles. The highest BCUT2D eigenvalue weighted by molar-refractivity contribution is 7.98. The maximum Gasteiger partial charge on any atom is 0.226 e. The molecule has 5 nitrogen and oxygen atoms in total. The first-order valence-electron chi connectivity index (χ1n) is 7.74. The van der Waals surface area contributed by atoms with Gasteiger partial charge < -0.3 is 5.32 Å². The Morgan fingerprint density at radius 3 is 2.78 bits per heavy atom. The van der Waals surface area contributed by atoms with Crippen molar-refractivity contribution in [1.82, 2.24) is 14.8 Å². The second-order valence-corrected chi connectivity index (χ2v) is 7.04. The van der Waals surface area contributed by atoms with E-state index in [1.165, 1.54) is 11.2 Å². The van der Waals surface area contributed by atoms with Gasteiger partial charge in [-0.25, -0.2) is 4.68 Å². The lowest BCUT2D eigenvalue weighted by Gasteiger charge is -2.34. The Kier molecular flexibility index (Phi) is 3.49. The average molecular weight is 326 g/mol. The van der Waals surface area contributed by atoms with Gasteiger partial charge in [0, 0.05) is 22.6 Å². The number of benzene rings is 1. The van der Waals surface area contributed by atoms with Gasteiger partial charge in [0.15, 0.2) is 5.78 Å². The van der Waals surface area contributed by atoms with Crippen LogP contribution in [-0.4, -0.2) is 26.8 Å².